The second-order valence-electron chi connectivity index (χ2n) is 17.5. The van der Waals surface area contributed by atoms with E-state index in [2.05, 4.69) is 154 Å². The van der Waals surface area contributed by atoms with Gasteiger partial charge in [-0.15, -0.1) is 0 Å². The van der Waals surface area contributed by atoms with Crippen LogP contribution in [0.3, 0.4) is 0 Å². The molecule has 0 saturated carbocycles. The first-order valence-electron chi connectivity index (χ1n) is 16.9. The zero-order valence-corrected chi connectivity index (χ0v) is 33.1. The van der Waals surface area contributed by atoms with Crippen LogP contribution >= 0.6 is 0 Å². The standard InChI is InChI=1S/2C17H32N4.2CO2/c1-10-20-13-12(14(19-20)18-15(2,3)4)11-21(16(5,6)7)17(13,8)9;1-10-20-14(18-15(2,3)4)12-11-21(16(5,6)7)17(8,9)13(12)19-20;2*2-1-3/h10-11H2,1-9H3,(H,18,19);18H,10-11H2,1-9H3;;. The van der Waals surface area contributed by atoms with E-state index < -0.39 is 0 Å². The van der Waals surface area contributed by atoms with E-state index in [9.17, 15) is 0 Å². The SMILES string of the molecule is CCn1nc(NC(C)(C)C)c2c1C(C)(C)N(C(C)(C)C)C2.CCn1nc2c(c1NC(C)(C)C)CN(C(C)(C)C)C2(C)C.O=C=O.O=C=O. The lowest BCUT2D eigenvalue weighted by atomic mass is 9.95. The Labute approximate surface area is 289 Å². The number of rotatable bonds is 4. The van der Waals surface area contributed by atoms with Crippen LogP contribution in [0.1, 0.15) is 147 Å². The molecule has 0 spiro atoms. The topological polar surface area (TPSA) is 134 Å². The van der Waals surface area contributed by atoms with Gasteiger partial charge in [-0.2, -0.15) is 29.4 Å². The Morgan fingerprint density at radius 2 is 1.02 bits per heavy atom. The third kappa shape index (κ3) is 9.88. The third-order valence-corrected chi connectivity index (χ3v) is 8.45. The van der Waals surface area contributed by atoms with Crippen molar-refractivity contribution < 1.29 is 19.2 Å². The minimum atomic E-state index is -0.0255. The fourth-order valence-electron chi connectivity index (χ4n) is 7.00. The molecular weight excluding hydrogens is 608 g/mol. The number of hydrogen-bond donors (Lipinski definition) is 2. The number of anilines is 2. The number of hydrogen-bond acceptors (Lipinski definition) is 10. The summed E-state index contributed by atoms with van der Waals surface area (Å²) in [6.45, 7) is 44.2. The molecule has 2 aromatic rings. The molecule has 0 aliphatic carbocycles. The zero-order chi connectivity index (χ0) is 37.8. The molecule has 2 aliphatic heterocycles. The summed E-state index contributed by atoms with van der Waals surface area (Å²) in [6.07, 6.45) is 0.500. The van der Waals surface area contributed by atoms with Crippen molar-refractivity contribution in [2.75, 3.05) is 10.6 Å². The molecule has 4 rings (SSSR count). The summed E-state index contributed by atoms with van der Waals surface area (Å²) in [7, 11) is 0. The summed E-state index contributed by atoms with van der Waals surface area (Å²) in [4.78, 5) is 37.6. The Morgan fingerprint density at radius 1 is 0.625 bits per heavy atom. The molecule has 2 aliphatic rings. The second-order valence-corrected chi connectivity index (χ2v) is 17.5. The van der Waals surface area contributed by atoms with Crippen LogP contribution in [0.25, 0.3) is 0 Å². The highest BCUT2D eigenvalue weighted by Crippen LogP contribution is 2.47. The van der Waals surface area contributed by atoms with Crippen molar-refractivity contribution >= 4 is 23.9 Å². The second kappa shape index (κ2) is 15.1. The van der Waals surface area contributed by atoms with Crippen molar-refractivity contribution in [2.24, 2.45) is 0 Å². The molecule has 0 unspecified atom stereocenters. The van der Waals surface area contributed by atoms with Gasteiger partial charge in [0.25, 0.3) is 0 Å². The molecule has 12 nitrogen and oxygen atoms in total. The van der Waals surface area contributed by atoms with Crippen LogP contribution in [-0.4, -0.2) is 63.8 Å². The first kappa shape index (κ1) is 42.7. The smallest absolute Gasteiger partial charge is 0.365 e. The molecule has 2 aromatic heterocycles. The number of carbonyl (C=O) groups excluding carboxylic acids is 4. The quantitative estimate of drug-likeness (QED) is 0.359. The van der Waals surface area contributed by atoms with Crippen LogP contribution in [0.4, 0.5) is 11.6 Å². The first-order valence-corrected chi connectivity index (χ1v) is 16.9. The van der Waals surface area contributed by atoms with Crippen LogP contribution in [0.15, 0.2) is 0 Å². The van der Waals surface area contributed by atoms with E-state index in [0.29, 0.717) is 0 Å². The summed E-state index contributed by atoms with van der Waals surface area (Å²) in [6, 6.07) is 0. The highest BCUT2D eigenvalue weighted by Gasteiger charge is 2.48. The average molecular weight is 673 g/mol. The molecule has 0 fully saturated rings. The number of fused-ring (bicyclic) bond motifs is 2. The van der Waals surface area contributed by atoms with Crippen molar-refractivity contribution in [3.05, 3.63) is 22.5 Å². The molecule has 4 heterocycles. The Balaban J connectivity index is 0.000000412. The first-order chi connectivity index (χ1) is 21.6. The molecule has 272 valence electrons. The van der Waals surface area contributed by atoms with Crippen molar-refractivity contribution in [2.45, 2.75) is 184 Å². The minimum absolute atomic E-state index is 0.00834. The lowest BCUT2D eigenvalue weighted by Crippen LogP contribution is -2.48. The van der Waals surface area contributed by atoms with Gasteiger partial charge in [-0.1, -0.05) is 0 Å². The van der Waals surface area contributed by atoms with E-state index in [-0.39, 0.29) is 45.5 Å². The van der Waals surface area contributed by atoms with Crippen molar-refractivity contribution in [1.82, 2.24) is 29.4 Å². The fraction of sp³-hybridized carbons (Fsp3) is 0.778. The summed E-state index contributed by atoms with van der Waals surface area (Å²) >= 11 is 0. The number of aromatic nitrogens is 4. The van der Waals surface area contributed by atoms with Gasteiger partial charge in [0.05, 0.1) is 22.5 Å². The van der Waals surface area contributed by atoms with Gasteiger partial charge in [-0.25, -0.2) is 4.68 Å². The Kier molecular flexibility index (Phi) is 13.4. The molecular formula is C36H64N8O4. The molecule has 0 radical (unpaired) electrons. The molecule has 0 aromatic carbocycles. The Hall–Kier alpha value is -3.30. The summed E-state index contributed by atoms with van der Waals surface area (Å²) in [5.41, 5.74) is 5.65. The largest absolute Gasteiger partial charge is 0.373 e. The van der Waals surface area contributed by atoms with Gasteiger partial charge in [-0.3, -0.25) is 14.5 Å². The van der Waals surface area contributed by atoms with Gasteiger partial charge in [0.2, 0.25) is 0 Å². The van der Waals surface area contributed by atoms with Gasteiger partial charge >= 0.3 is 12.3 Å². The van der Waals surface area contributed by atoms with Crippen molar-refractivity contribution in [1.29, 1.82) is 0 Å². The zero-order valence-electron chi connectivity index (χ0n) is 33.1. The van der Waals surface area contributed by atoms with E-state index in [4.69, 9.17) is 29.4 Å². The molecule has 0 saturated heterocycles. The van der Waals surface area contributed by atoms with E-state index >= 15 is 0 Å². The van der Waals surface area contributed by atoms with Gasteiger partial charge in [0, 0.05) is 59.5 Å². The van der Waals surface area contributed by atoms with Gasteiger partial charge < -0.3 is 10.6 Å². The van der Waals surface area contributed by atoms with E-state index in [0.717, 1.165) is 32.0 Å². The monoisotopic (exact) mass is 673 g/mol. The molecule has 0 atom stereocenters. The maximum Gasteiger partial charge on any atom is 0.373 e. The lowest BCUT2D eigenvalue weighted by molar-refractivity contribution is -0.193. The van der Waals surface area contributed by atoms with Gasteiger partial charge in [-0.05, 0) is 125 Å². The molecule has 48 heavy (non-hydrogen) atoms. The Bertz CT molecular complexity index is 1430. The summed E-state index contributed by atoms with van der Waals surface area (Å²) < 4.78 is 4.30. The van der Waals surface area contributed by atoms with Crippen LogP contribution in [-0.2, 0) is 56.4 Å². The predicted octanol–water partition coefficient (Wildman–Crippen LogP) is 6.76. The number of nitrogens with zero attached hydrogens (tertiary/aromatic N) is 6. The van der Waals surface area contributed by atoms with Crippen LogP contribution in [0.2, 0.25) is 0 Å². The highest BCUT2D eigenvalue weighted by molar-refractivity contribution is 5.54. The third-order valence-electron chi connectivity index (χ3n) is 8.45. The van der Waals surface area contributed by atoms with E-state index in [1.165, 1.54) is 28.3 Å². The van der Waals surface area contributed by atoms with Gasteiger partial charge in [0.1, 0.15) is 5.82 Å². The van der Waals surface area contributed by atoms with E-state index in [1.807, 2.05) is 0 Å². The van der Waals surface area contributed by atoms with Crippen LogP contribution in [0.5, 0.6) is 0 Å². The minimum Gasteiger partial charge on any atom is -0.365 e. The molecule has 0 amide bonds. The maximum absolute atomic E-state index is 8.12. The highest BCUT2D eigenvalue weighted by atomic mass is 16.2. The summed E-state index contributed by atoms with van der Waals surface area (Å²) in [5, 5.41) is 17.0. The number of nitrogens with one attached hydrogen (secondary N) is 2. The van der Waals surface area contributed by atoms with Crippen LogP contribution in [0, 0.1) is 0 Å². The molecule has 0 bridgehead atoms. The van der Waals surface area contributed by atoms with Crippen molar-refractivity contribution in [3.63, 3.8) is 0 Å². The molecule has 2 N–H and O–H groups in total. The fourth-order valence-corrected chi connectivity index (χ4v) is 7.00. The number of aryl methyl sites for hydroxylation is 2. The van der Waals surface area contributed by atoms with Crippen molar-refractivity contribution in [3.8, 4) is 0 Å². The van der Waals surface area contributed by atoms with Crippen LogP contribution < -0.4 is 10.6 Å². The summed E-state index contributed by atoms with van der Waals surface area (Å²) in [5.74, 6) is 2.25. The average Bonchev–Trinajstić information content (AvgIpc) is 3.57. The normalized spacial score (nSPS) is 16.9. The van der Waals surface area contributed by atoms with Gasteiger partial charge in [0.15, 0.2) is 5.82 Å². The maximum atomic E-state index is 8.12. The Morgan fingerprint density at radius 3 is 1.40 bits per heavy atom. The predicted molar refractivity (Wildman–Crippen MR) is 189 cm³/mol. The van der Waals surface area contributed by atoms with E-state index in [1.54, 1.807) is 0 Å². The molecule has 12 heteroatoms. The lowest BCUT2D eigenvalue weighted by Gasteiger charge is -2.42.